The molecule has 414 valence electrons. The van der Waals surface area contributed by atoms with Crippen molar-refractivity contribution in [3.05, 3.63) is 0 Å². The number of aliphatic hydroxyl groups is 1. The first-order chi connectivity index (χ1) is 33.5. The summed E-state index contributed by atoms with van der Waals surface area (Å²) in [4.78, 5) is 23.3. The molecule has 0 aliphatic carbocycles. The predicted molar refractivity (Wildman–Crippen MR) is 300 cm³/mol. The molecule has 3 unspecified atom stereocenters. The van der Waals surface area contributed by atoms with Crippen molar-refractivity contribution >= 4 is 13.7 Å². The largest absolute Gasteiger partial charge is 0.472 e. The third kappa shape index (κ3) is 55.1. The van der Waals surface area contributed by atoms with Gasteiger partial charge in [-0.15, -0.1) is 0 Å². The number of amides is 1. The van der Waals surface area contributed by atoms with Crippen molar-refractivity contribution in [1.82, 2.24) is 5.32 Å². The Morgan fingerprint density at radius 3 is 0.971 bits per heavy atom. The summed E-state index contributed by atoms with van der Waals surface area (Å²) in [6, 6.07) is -0.755. The molecule has 0 fully saturated rings. The van der Waals surface area contributed by atoms with Gasteiger partial charge in [-0.3, -0.25) is 13.8 Å². The van der Waals surface area contributed by atoms with Crippen LogP contribution in [0, 0.1) is 0 Å². The Bertz CT molecular complexity index is 1090. The van der Waals surface area contributed by atoms with Crippen molar-refractivity contribution in [3.63, 3.8) is 0 Å². The van der Waals surface area contributed by atoms with Gasteiger partial charge in [0, 0.05) is 6.42 Å². The van der Waals surface area contributed by atoms with Crippen molar-refractivity contribution in [3.8, 4) is 0 Å². The summed E-state index contributed by atoms with van der Waals surface area (Å²) < 4.78 is 23.8. The number of unbranched alkanes of at least 4 members (excludes halogenated alkanes) is 45. The maximum absolute atomic E-state index is 13.0. The molecule has 0 aromatic carbocycles. The molecule has 3 N–H and O–H groups in total. The average molecular weight is 1000 g/mol. The maximum atomic E-state index is 13.0. The van der Waals surface area contributed by atoms with Gasteiger partial charge in [0.15, 0.2) is 0 Å². The molecule has 3 atom stereocenters. The van der Waals surface area contributed by atoms with Gasteiger partial charge in [-0.25, -0.2) is 4.57 Å². The molecular weight excluding hydrogens is 876 g/mol. The lowest BCUT2D eigenvalue weighted by molar-refractivity contribution is -0.870. The fourth-order valence-electron chi connectivity index (χ4n) is 9.76. The standard InChI is InChI=1S/C60H123N2O6P/c1-6-8-10-12-14-16-18-20-22-23-24-25-26-27-28-29-30-31-32-33-34-35-36-37-38-40-42-44-46-48-50-52-54-60(64)61-58(57-68-69(65,66)67-56-55-62(3,4)5)59(63)53-51-49-47-45-43-41-39-21-19-17-15-13-11-9-7-2/h58-59,63H,6-57H2,1-5H3,(H-,61,64,65,66)/p+1. The lowest BCUT2D eigenvalue weighted by atomic mass is 10.0. The second-order valence-corrected chi connectivity index (χ2v) is 24.3. The van der Waals surface area contributed by atoms with Crippen molar-refractivity contribution in [2.75, 3.05) is 40.9 Å². The second-order valence-electron chi connectivity index (χ2n) is 22.8. The van der Waals surface area contributed by atoms with Crippen LogP contribution in [-0.4, -0.2) is 73.4 Å². The number of quaternary nitrogens is 1. The van der Waals surface area contributed by atoms with E-state index in [0.717, 1.165) is 38.5 Å². The summed E-state index contributed by atoms with van der Waals surface area (Å²) in [5.74, 6) is -0.136. The highest BCUT2D eigenvalue weighted by atomic mass is 31.2. The van der Waals surface area contributed by atoms with Gasteiger partial charge in [0.05, 0.1) is 39.9 Å². The first-order valence-corrected chi connectivity index (χ1v) is 32.4. The van der Waals surface area contributed by atoms with E-state index in [4.69, 9.17) is 9.05 Å². The number of rotatable bonds is 58. The van der Waals surface area contributed by atoms with Crippen LogP contribution < -0.4 is 5.32 Å². The molecule has 0 bridgehead atoms. The molecule has 0 saturated heterocycles. The Kier molecular flexibility index (Phi) is 52.0. The summed E-state index contributed by atoms with van der Waals surface area (Å²) in [6.45, 7) is 4.94. The fourth-order valence-corrected chi connectivity index (χ4v) is 10.5. The van der Waals surface area contributed by atoms with E-state index >= 15 is 0 Å². The predicted octanol–water partition coefficient (Wildman–Crippen LogP) is 18.8. The summed E-state index contributed by atoms with van der Waals surface area (Å²) in [5, 5.41) is 14.1. The van der Waals surface area contributed by atoms with Crippen LogP contribution in [0.25, 0.3) is 0 Å². The highest BCUT2D eigenvalue weighted by Gasteiger charge is 2.28. The Balaban J connectivity index is 3.95. The number of carbonyl (C=O) groups excluding carboxylic acids is 1. The Morgan fingerprint density at radius 2 is 0.696 bits per heavy atom. The molecule has 0 heterocycles. The van der Waals surface area contributed by atoms with Crippen molar-refractivity contribution < 1.29 is 32.9 Å². The van der Waals surface area contributed by atoms with Crippen LogP contribution in [0.3, 0.4) is 0 Å². The summed E-state index contributed by atoms with van der Waals surface area (Å²) >= 11 is 0. The highest BCUT2D eigenvalue weighted by molar-refractivity contribution is 7.47. The van der Waals surface area contributed by atoms with E-state index in [-0.39, 0.29) is 19.1 Å². The third-order valence-corrected chi connectivity index (χ3v) is 15.6. The first kappa shape index (κ1) is 68.5. The number of phosphoric acid groups is 1. The zero-order valence-corrected chi connectivity index (χ0v) is 48.2. The van der Waals surface area contributed by atoms with Gasteiger partial charge in [-0.2, -0.15) is 0 Å². The van der Waals surface area contributed by atoms with Crippen molar-refractivity contribution in [1.29, 1.82) is 0 Å². The number of likely N-dealkylation sites (N-methyl/N-ethyl adjacent to an activating group) is 1. The minimum atomic E-state index is -4.32. The molecule has 0 aliphatic rings. The molecule has 1 amide bonds. The molecule has 9 heteroatoms. The topological polar surface area (TPSA) is 105 Å². The van der Waals surface area contributed by atoms with Gasteiger partial charge in [-0.05, 0) is 12.8 Å². The Labute approximate surface area is 431 Å². The molecule has 0 spiro atoms. The minimum Gasteiger partial charge on any atom is -0.391 e. The number of hydrogen-bond donors (Lipinski definition) is 3. The summed E-state index contributed by atoms with van der Waals surface area (Å²) in [7, 11) is 1.64. The van der Waals surface area contributed by atoms with Crippen molar-refractivity contribution in [2.45, 2.75) is 341 Å². The molecule has 8 nitrogen and oxygen atoms in total. The molecule has 0 rings (SSSR count). The van der Waals surface area contributed by atoms with Crippen LogP contribution in [0.5, 0.6) is 0 Å². The number of carbonyl (C=O) groups is 1. The van der Waals surface area contributed by atoms with Crippen LogP contribution >= 0.6 is 7.82 Å². The zero-order chi connectivity index (χ0) is 50.6. The van der Waals surface area contributed by atoms with Gasteiger partial charge in [0.1, 0.15) is 13.2 Å². The molecule has 0 aromatic heterocycles. The van der Waals surface area contributed by atoms with Crippen molar-refractivity contribution in [2.24, 2.45) is 0 Å². The van der Waals surface area contributed by atoms with E-state index in [1.165, 1.54) is 263 Å². The first-order valence-electron chi connectivity index (χ1n) is 30.9. The van der Waals surface area contributed by atoms with Crippen LogP contribution in [0.15, 0.2) is 0 Å². The quantitative estimate of drug-likeness (QED) is 0.0318. The fraction of sp³-hybridized carbons (Fsp3) is 0.983. The zero-order valence-electron chi connectivity index (χ0n) is 47.3. The molecule has 0 saturated carbocycles. The minimum absolute atomic E-state index is 0.0791. The Hall–Kier alpha value is -0.500. The third-order valence-electron chi connectivity index (χ3n) is 14.6. The van der Waals surface area contributed by atoms with E-state index in [2.05, 4.69) is 19.2 Å². The number of aliphatic hydroxyl groups excluding tert-OH is 1. The van der Waals surface area contributed by atoms with Gasteiger partial charge < -0.3 is 19.8 Å². The molecule has 0 radical (unpaired) electrons. The lowest BCUT2D eigenvalue weighted by Crippen LogP contribution is -2.46. The smallest absolute Gasteiger partial charge is 0.391 e. The lowest BCUT2D eigenvalue weighted by Gasteiger charge is -2.26. The number of phosphoric ester groups is 1. The maximum Gasteiger partial charge on any atom is 0.472 e. The number of nitrogens with one attached hydrogen (secondary N) is 1. The van der Waals surface area contributed by atoms with Crippen LogP contribution in [0.4, 0.5) is 0 Å². The molecule has 69 heavy (non-hydrogen) atoms. The van der Waals surface area contributed by atoms with Gasteiger partial charge in [0.2, 0.25) is 5.91 Å². The van der Waals surface area contributed by atoms with E-state index in [1.54, 1.807) is 0 Å². The van der Waals surface area contributed by atoms with Gasteiger partial charge in [0.25, 0.3) is 0 Å². The van der Waals surface area contributed by atoms with E-state index in [1.807, 2.05) is 21.1 Å². The number of hydrogen-bond acceptors (Lipinski definition) is 5. The monoisotopic (exact) mass is 1000 g/mol. The SMILES string of the molecule is CCCCCCCCCCCCCCCCCCCCCCCCCCCCCCCCCCC(=O)NC(COP(=O)(O)OCC[N+](C)(C)C)C(O)CCCCCCCCCCCCCCCCC. The summed E-state index contributed by atoms with van der Waals surface area (Å²) in [5.41, 5.74) is 0. The number of nitrogens with zero attached hydrogens (tertiary/aromatic N) is 1. The molecule has 0 aliphatic heterocycles. The van der Waals surface area contributed by atoms with Gasteiger partial charge in [-0.1, -0.05) is 309 Å². The normalized spacial score (nSPS) is 13.8. The van der Waals surface area contributed by atoms with E-state index < -0.39 is 20.0 Å². The van der Waals surface area contributed by atoms with Crippen LogP contribution in [0.1, 0.15) is 328 Å². The summed E-state index contributed by atoms with van der Waals surface area (Å²) in [6.07, 6.45) is 63.3. The van der Waals surface area contributed by atoms with E-state index in [9.17, 15) is 19.4 Å². The Morgan fingerprint density at radius 1 is 0.435 bits per heavy atom. The van der Waals surface area contributed by atoms with Crippen LogP contribution in [-0.2, 0) is 18.4 Å². The average Bonchev–Trinajstić information content (AvgIpc) is 3.31. The van der Waals surface area contributed by atoms with Gasteiger partial charge >= 0.3 is 7.82 Å². The second kappa shape index (κ2) is 52.4. The van der Waals surface area contributed by atoms with E-state index in [0.29, 0.717) is 23.9 Å². The van der Waals surface area contributed by atoms with Crippen LogP contribution in [0.2, 0.25) is 0 Å². The molecule has 0 aromatic rings. The molecular formula is C60H124N2O6P+. The highest BCUT2D eigenvalue weighted by Crippen LogP contribution is 2.43.